The second kappa shape index (κ2) is 6.36. The Labute approximate surface area is 116 Å². The standard InChI is InChI=1S/C12H22N2O4S/c1-9(19(3)18)5-7-13-11(17)14-8-4-6-12(14,2)10(15)16/h9H,4-8H2,1-3H3,(H,13,17)(H,15,16). The molecular weight excluding hydrogens is 268 g/mol. The zero-order valence-corrected chi connectivity index (χ0v) is 12.5. The molecule has 6 nitrogen and oxygen atoms in total. The highest BCUT2D eigenvalue weighted by Gasteiger charge is 2.45. The Morgan fingerprint density at radius 2 is 2.16 bits per heavy atom. The van der Waals surface area contributed by atoms with E-state index in [2.05, 4.69) is 5.32 Å². The topological polar surface area (TPSA) is 86.7 Å². The van der Waals surface area contributed by atoms with Gasteiger partial charge in [0, 0.05) is 35.4 Å². The number of likely N-dealkylation sites (tertiary alicyclic amines) is 1. The number of carbonyl (C=O) groups excluding carboxylic acids is 1. The van der Waals surface area contributed by atoms with E-state index in [0.717, 1.165) is 0 Å². The van der Waals surface area contributed by atoms with Gasteiger partial charge in [0.1, 0.15) is 5.54 Å². The third kappa shape index (κ3) is 3.68. The van der Waals surface area contributed by atoms with E-state index >= 15 is 0 Å². The largest absolute Gasteiger partial charge is 0.480 e. The smallest absolute Gasteiger partial charge is 0.329 e. The van der Waals surface area contributed by atoms with E-state index in [-0.39, 0.29) is 11.3 Å². The van der Waals surface area contributed by atoms with Crippen LogP contribution in [0.3, 0.4) is 0 Å². The fourth-order valence-electron chi connectivity index (χ4n) is 2.15. The average Bonchev–Trinajstić information content (AvgIpc) is 2.72. The number of rotatable bonds is 5. The fourth-order valence-corrected chi connectivity index (χ4v) is 2.60. The van der Waals surface area contributed by atoms with Crippen LogP contribution in [0.4, 0.5) is 4.79 Å². The Kier molecular flexibility index (Phi) is 5.34. The zero-order chi connectivity index (χ0) is 14.6. The van der Waals surface area contributed by atoms with E-state index in [1.165, 1.54) is 4.90 Å². The van der Waals surface area contributed by atoms with Gasteiger partial charge in [-0.3, -0.25) is 4.21 Å². The van der Waals surface area contributed by atoms with Crippen LogP contribution in [0, 0.1) is 0 Å². The lowest BCUT2D eigenvalue weighted by Crippen LogP contribution is -2.54. The summed E-state index contributed by atoms with van der Waals surface area (Å²) in [6, 6.07) is -0.350. The fraction of sp³-hybridized carbons (Fsp3) is 0.833. The SMILES string of the molecule is CC(CCNC(=O)N1CCCC1(C)C(=O)O)S(C)=O. The maximum Gasteiger partial charge on any atom is 0.329 e. The lowest BCUT2D eigenvalue weighted by atomic mass is 10.00. The van der Waals surface area contributed by atoms with Gasteiger partial charge in [-0.1, -0.05) is 6.92 Å². The van der Waals surface area contributed by atoms with Gasteiger partial charge < -0.3 is 15.3 Å². The minimum absolute atomic E-state index is 0.0183. The van der Waals surface area contributed by atoms with Crippen LogP contribution in [-0.4, -0.2) is 56.3 Å². The summed E-state index contributed by atoms with van der Waals surface area (Å²) in [7, 11) is -0.909. The van der Waals surface area contributed by atoms with E-state index in [1.54, 1.807) is 13.2 Å². The molecule has 1 aliphatic heterocycles. The third-order valence-electron chi connectivity index (χ3n) is 3.74. The molecule has 1 heterocycles. The minimum Gasteiger partial charge on any atom is -0.480 e. The Balaban J connectivity index is 2.50. The summed E-state index contributed by atoms with van der Waals surface area (Å²) in [6.07, 6.45) is 3.43. The van der Waals surface area contributed by atoms with Crippen LogP contribution >= 0.6 is 0 Å². The van der Waals surface area contributed by atoms with Crippen molar-refractivity contribution in [3.63, 3.8) is 0 Å². The van der Waals surface area contributed by atoms with Crippen LogP contribution in [0.2, 0.25) is 0 Å². The summed E-state index contributed by atoms with van der Waals surface area (Å²) in [4.78, 5) is 24.6. The van der Waals surface area contributed by atoms with E-state index in [4.69, 9.17) is 0 Å². The first-order valence-electron chi connectivity index (χ1n) is 6.40. The second-order valence-corrected chi connectivity index (χ2v) is 6.97. The molecule has 2 N–H and O–H groups in total. The maximum atomic E-state index is 12.0. The predicted octanol–water partition coefficient (Wildman–Crippen LogP) is 0.792. The van der Waals surface area contributed by atoms with Crippen LogP contribution < -0.4 is 5.32 Å². The number of carboxylic acid groups (broad SMARTS) is 1. The molecule has 2 amide bonds. The third-order valence-corrected chi connectivity index (χ3v) is 5.11. The van der Waals surface area contributed by atoms with Crippen molar-refractivity contribution in [1.82, 2.24) is 10.2 Å². The molecule has 0 spiro atoms. The first-order chi connectivity index (χ1) is 8.79. The number of nitrogens with zero attached hydrogens (tertiary/aromatic N) is 1. The highest BCUT2D eigenvalue weighted by atomic mass is 32.2. The first kappa shape index (κ1) is 15.9. The van der Waals surface area contributed by atoms with Gasteiger partial charge in [-0.15, -0.1) is 0 Å². The summed E-state index contributed by atoms with van der Waals surface area (Å²) in [5.41, 5.74) is -1.11. The summed E-state index contributed by atoms with van der Waals surface area (Å²) >= 11 is 0. The van der Waals surface area contributed by atoms with Crippen molar-refractivity contribution in [3.8, 4) is 0 Å². The Morgan fingerprint density at radius 3 is 2.68 bits per heavy atom. The van der Waals surface area contributed by atoms with Crippen molar-refractivity contribution < 1.29 is 18.9 Å². The van der Waals surface area contributed by atoms with Gasteiger partial charge in [0.2, 0.25) is 0 Å². The van der Waals surface area contributed by atoms with Crippen molar-refractivity contribution >= 4 is 22.8 Å². The molecule has 0 saturated carbocycles. The first-order valence-corrected chi connectivity index (χ1v) is 8.02. The van der Waals surface area contributed by atoms with Crippen molar-refractivity contribution in [2.45, 2.75) is 43.9 Å². The molecule has 19 heavy (non-hydrogen) atoms. The van der Waals surface area contributed by atoms with Crippen molar-refractivity contribution in [2.75, 3.05) is 19.3 Å². The highest BCUT2D eigenvalue weighted by molar-refractivity contribution is 7.84. The number of aliphatic carboxylic acids is 1. The van der Waals surface area contributed by atoms with Gasteiger partial charge in [-0.05, 0) is 26.2 Å². The van der Waals surface area contributed by atoms with Gasteiger partial charge in [0.25, 0.3) is 0 Å². The molecule has 0 radical (unpaired) electrons. The minimum atomic E-state index is -1.11. The monoisotopic (exact) mass is 290 g/mol. The number of hydrogen-bond donors (Lipinski definition) is 2. The number of urea groups is 1. The zero-order valence-electron chi connectivity index (χ0n) is 11.6. The molecule has 1 rings (SSSR count). The van der Waals surface area contributed by atoms with Gasteiger partial charge in [-0.2, -0.15) is 0 Å². The lowest BCUT2D eigenvalue weighted by Gasteiger charge is -2.31. The summed E-state index contributed by atoms with van der Waals surface area (Å²) in [5, 5.41) is 11.9. The van der Waals surface area contributed by atoms with Crippen LogP contribution in [0.5, 0.6) is 0 Å². The van der Waals surface area contributed by atoms with Gasteiger partial charge in [0.15, 0.2) is 0 Å². The van der Waals surface area contributed by atoms with Crippen molar-refractivity contribution in [2.24, 2.45) is 0 Å². The van der Waals surface area contributed by atoms with E-state index in [1.807, 2.05) is 6.92 Å². The second-order valence-electron chi connectivity index (χ2n) is 5.16. The Hall–Kier alpha value is -1.11. The number of nitrogens with one attached hydrogen (secondary N) is 1. The average molecular weight is 290 g/mol. The molecule has 0 aromatic heterocycles. The molecule has 0 aromatic carbocycles. The molecule has 1 aliphatic rings. The van der Waals surface area contributed by atoms with E-state index in [0.29, 0.717) is 32.4 Å². The predicted molar refractivity (Wildman–Crippen MR) is 73.5 cm³/mol. The molecule has 0 bridgehead atoms. The number of carboxylic acids is 1. The quantitative estimate of drug-likeness (QED) is 0.784. The van der Waals surface area contributed by atoms with Gasteiger partial charge >= 0.3 is 12.0 Å². The van der Waals surface area contributed by atoms with E-state index < -0.39 is 22.3 Å². The van der Waals surface area contributed by atoms with Gasteiger partial charge in [0.05, 0.1) is 0 Å². The molecular formula is C12H22N2O4S. The molecule has 110 valence electrons. The Bertz CT molecular complexity index is 388. The molecule has 1 saturated heterocycles. The summed E-state index contributed by atoms with van der Waals surface area (Å²) < 4.78 is 11.2. The molecule has 3 unspecified atom stereocenters. The maximum absolute atomic E-state index is 12.0. The molecule has 0 aliphatic carbocycles. The Morgan fingerprint density at radius 1 is 1.53 bits per heavy atom. The molecule has 1 fully saturated rings. The summed E-state index contributed by atoms with van der Waals surface area (Å²) in [5.74, 6) is -0.969. The normalized spacial score (nSPS) is 25.9. The number of hydrogen-bond acceptors (Lipinski definition) is 3. The molecule has 7 heteroatoms. The highest BCUT2D eigenvalue weighted by Crippen LogP contribution is 2.29. The van der Waals surface area contributed by atoms with E-state index in [9.17, 15) is 18.9 Å². The van der Waals surface area contributed by atoms with Crippen LogP contribution in [-0.2, 0) is 15.6 Å². The lowest BCUT2D eigenvalue weighted by molar-refractivity contribution is -0.147. The molecule has 3 atom stereocenters. The van der Waals surface area contributed by atoms with Crippen molar-refractivity contribution in [1.29, 1.82) is 0 Å². The number of amides is 2. The van der Waals surface area contributed by atoms with Crippen molar-refractivity contribution in [3.05, 3.63) is 0 Å². The number of carbonyl (C=O) groups is 2. The van der Waals surface area contributed by atoms with Crippen LogP contribution in [0.15, 0.2) is 0 Å². The molecule has 0 aromatic rings. The summed E-state index contributed by atoms with van der Waals surface area (Å²) in [6.45, 7) is 4.31. The van der Waals surface area contributed by atoms with Crippen LogP contribution in [0.25, 0.3) is 0 Å². The van der Waals surface area contributed by atoms with Gasteiger partial charge in [-0.25, -0.2) is 9.59 Å². The van der Waals surface area contributed by atoms with Crippen LogP contribution in [0.1, 0.15) is 33.1 Å².